The number of hydrogen-bond acceptors (Lipinski definition) is 4. The van der Waals surface area contributed by atoms with Crippen LogP contribution in [0.2, 0.25) is 0 Å². The van der Waals surface area contributed by atoms with Crippen LogP contribution in [0.3, 0.4) is 0 Å². The van der Waals surface area contributed by atoms with Crippen LogP contribution in [-0.4, -0.2) is 32.4 Å². The molecule has 54 valence electrons. The molecule has 2 unspecified atom stereocenters. The van der Waals surface area contributed by atoms with Crippen LogP contribution in [0.15, 0.2) is 0 Å². The predicted octanol–water partition coefficient (Wildman–Crippen LogP) is -1.64. The van der Waals surface area contributed by atoms with E-state index in [1.54, 1.807) is 0 Å². The molecule has 0 aromatic carbocycles. The molecule has 0 bridgehead atoms. The zero-order chi connectivity index (χ0) is 6.85. The van der Waals surface area contributed by atoms with E-state index < -0.39 is 11.3 Å². The van der Waals surface area contributed by atoms with Gasteiger partial charge in [-0.15, -0.1) is 4.47 Å². The first-order valence-electron chi connectivity index (χ1n) is 2.45. The summed E-state index contributed by atoms with van der Waals surface area (Å²) in [5, 5.41) is 0. The maximum atomic E-state index is 10.1. The molecule has 6 heteroatoms. The van der Waals surface area contributed by atoms with Crippen LogP contribution in [0, 0.1) is 0 Å². The van der Waals surface area contributed by atoms with E-state index in [0.29, 0.717) is 0 Å². The molecule has 1 fully saturated rings. The molecule has 0 spiro atoms. The fourth-order valence-corrected chi connectivity index (χ4v) is 1.04. The van der Waals surface area contributed by atoms with Crippen molar-refractivity contribution in [2.45, 2.75) is 6.04 Å². The van der Waals surface area contributed by atoms with E-state index in [4.69, 9.17) is 5.73 Å². The fraction of sp³-hybridized carbons (Fsp3) is 1.00. The molecule has 0 aromatic heterocycles. The quantitative estimate of drug-likeness (QED) is 0.456. The molecule has 1 rings (SSSR count). The molecule has 0 amide bonds. The van der Waals surface area contributed by atoms with E-state index >= 15 is 0 Å². The molecule has 2 N–H and O–H groups in total. The Morgan fingerprint density at radius 1 is 1.89 bits per heavy atom. The highest BCUT2D eigenvalue weighted by atomic mass is 32.2. The van der Waals surface area contributed by atoms with Crippen molar-refractivity contribution in [1.29, 1.82) is 0 Å². The molecule has 1 saturated heterocycles. The first-order chi connectivity index (χ1) is 4.20. The second-order valence-corrected chi connectivity index (χ2v) is 2.63. The Balaban J connectivity index is 2.39. The smallest absolute Gasteiger partial charge is 0.0861 e. The van der Waals surface area contributed by atoms with Crippen molar-refractivity contribution >= 4 is 11.3 Å². The van der Waals surface area contributed by atoms with Crippen LogP contribution in [0.25, 0.3) is 0 Å². The Bertz CT molecular complexity index is 130. The standard InChI is InChI=1S/C3H8N2O3S/c4-3-1-5(8-2-3)9(6)7/h3H,1-2,4H2,(H,6,7)/p-1. The van der Waals surface area contributed by atoms with Crippen molar-refractivity contribution in [2.24, 2.45) is 5.73 Å². The van der Waals surface area contributed by atoms with Crippen molar-refractivity contribution in [3.8, 4) is 0 Å². The van der Waals surface area contributed by atoms with Gasteiger partial charge < -0.3 is 10.3 Å². The van der Waals surface area contributed by atoms with Gasteiger partial charge in [-0.1, -0.05) is 0 Å². The number of rotatable bonds is 1. The fourth-order valence-electron chi connectivity index (χ4n) is 0.580. The third-order valence-electron chi connectivity index (χ3n) is 0.982. The summed E-state index contributed by atoms with van der Waals surface area (Å²) in [6, 6.07) is -0.178. The molecule has 1 heterocycles. The summed E-state index contributed by atoms with van der Waals surface area (Å²) >= 11 is -2.28. The molecule has 1 aliphatic rings. The number of hydroxylamine groups is 1. The summed E-state index contributed by atoms with van der Waals surface area (Å²) in [6.07, 6.45) is 0. The maximum absolute atomic E-state index is 10.1. The van der Waals surface area contributed by atoms with Crippen molar-refractivity contribution < 1.29 is 13.6 Å². The lowest BCUT2D eigenvalue weighted by molar-refractivity contribution is -0.0305. The average Bonchev–Trinajstić information content (AvgIpc) is 2.14. The Labute approximate surface area is 55.1 Å². The van der Waals surface area contributed by atoms with Gasteiger partial charge in [-0.3, -0.25) is 9.05 Å². The lowest BCUT2D eigenvalue weighted by atomic mass is 10.4. The van der Waals surface area contributed by atoms with Crippen LogP contribution < -0.4 is 5.73 Å². The summed E-state index contributed by atoms with van der Waals surface area (Å²) in [5.41, 5.74) is 5.32. The summed E-state index contributed by atoms with van der Waals surface area (Å²) in [7, 11) is 0. The van der Waals surface area contributed by atoms with E-state index in [1.165, 1.54) is 0 Å². The Morgan fingerprint density at radius 2 is 2.56 bits per heavy atom. The highest BCUT2D eigenvalue weighted by Crippen LogP contribution is 2.03. The predicted molar refractivity (Wildman–Crippen MR) is 29.6 cm³/mol. The zero-order valence-corrected chi connectivity index (χ0v) is 5.47. The van der Waals surface area contributed by atoms with E-state index in [-0.39, 0.29) is 19.2 Å². The highest BCUT2D eigenvalue weighted by molar-refractivity contribution is 7.76. The second kappa shape index (κ2) is 2.72. The molecule has 2 atom stereocenters. The minimum atomic E-state index is -2.28. The largest absolute Gasteiger partial charge is 0.758 e. The second-order valence-electron chi connectivity index (χ2n) is 1.79. The minimum absolute atomic E-state index is 0.178. The topological polar surface area (TPSA) is 78.6 Å². The Morgan fingerprint density at radius 3 is 2.78 bits per heavy atom. The van der Waals surface area contributed by atoms with Gasteiger partial charge in [-0.05, 0) is 0 Å². The molecule has 9 heavy (non-hydrogen) atoms. The van der Waals surface area contributed by atoms with Gasteiger partial charge in [0.25, 0.3) is 0 Å². The SMILES string of the molecule is NC1CON(S(=O)[O-])C1. The van der Waals surface area contributed by atoms with Gasteiger partial charge in [-0.2, -0.15) is 0 Å². The molecule has 1 aliphatic heterocycles. The van der Waals surface area contributed by atoms with Crippen molar-refractivity contribution in [3.05, 3.63) is 0 Å². The Hall–Kier alpha value is -0.0100. The lowest BCUT2D eigenvalue weighted by Crippen LogP contribution is -2.28. The van der Waals surface area contributed by atoms with E-state index in [9.17, 15) is 8.76 Å². The van der Waals surface area contributed by atoms with Gasteiger partial charge in [0.05, 0.1) is 13.2 Å². The Kier molecular flexibility index (Phi) is 2.14. The van der Waals surface area contributed by atoms with Crippen molar-refractivity contribution in [3.63, 3.8) is 0 Å². The van der Waals surface area contributed by atoms with E-state index in [1.807, 2.05) is 0 Å². The van der Waals surface area contributed by atoms with Gasteiger partial charge in [0.1, 0.15) is 0 Å². The average molecular weight is 151 g/mol. The first kappa shape index (κ1) is 7.10. The monoisotopic (exact) mass is 151 g/mol. The summed E-state index contributed by atoms with van der Waals surface area (Å²) in [4.78, 5) is 4.62. The van der Waals surface area contributed by atoms with Crippen LogP contribution in [0.1, 0.15) is 0 Å². The van der Waals surface area contributed by atoms with Crippen LogP contribution in [0.5, 0.6) is 0 Å². The number of nitrogens with two attached hydrogens (primary N) is 1. The third kappa shape index (κ3) is 1.70. The van der Waals surface area contributed by atoms with Gasteiger partial charge in [0, 0.05) is 17.3 Å². The maximum Gasteiger partial charge on any atom is 0.0861 e. The summed E-state index contributed by atoms with van der Waals surface area (Å²) < 4.78 is 21.0. The molecule has 0 radical (unpaired) electrons. The van der Waals surface area contributed by atoms with Crippen molar-refractivity contribution in [1.82, 2.24) is 4.47 Å². The minimum Gasteiger partial charge on any atom is -0.758 e. The first-order valence-corrected chi connectivity index (χ1v) is 3.49. The summed E-state index contributed by atoms with van der Waals surface area (Å²) in [6.45, 7) is 0.546. The molecule has 0 aliphatic carbocycles. The summed E-state index contributed by atoms with van der Waals surface area (Å²) in [5.74, 6) is 0. The molecular weight excluding hydrogens is 144 g/mol. The number of nitrogens with zero attached hydrogens (tertiary/aromatic N) is 1. The zero-order valence-electron chi connectivity index (χ0n) is 4.65. The van der Waals surface area contributed by atoms with Gasteiger partial charge >= 0.3 is 0 Å². The van der Waals surface area contributed by atoms with Gasteiger partial charge in [-0.25, -0.2) is 0 Å². The normalized spacial score (nSPS) is 32.9. The lowest BCUT2D eigenvalue weighted by Gasteiger charge is -2.14. The third-order valence-corrected chi connectivity index (χ3v) is 1.57. The molecule has 0 saturated carbocycles. The van der Waals surface area contributed by atoms with E-state index in [0.717, 1.165) is 4.47 Å². The van der Waals surface area contributed by atoms with Gasteiger partial charge in [0.2, 0.25) is 0 Å². The molecule has 0 aromatic rings. The van der Waals surface area contributed by atoms with E-state index in [2.05, 4.69) is 4.84 Å². The van der Waals surface area contributed by atoms with Crippen LogP contribution in [0.4, 0.5) is 0 Å². The number of hydrogen-bond donors (Lipinski definition) is 1. The van der Waals surface area contributed by atoms with Crippen LogP contribution in [-0.2, 0) is 16.1 Å². The van der Waals surface area contributed by atoms with Crippen molar-refractivity contribution in [2.75, 3.05) is 13.2 Å². The molecular formula is C3H7N2O3S-. The van der Waals surface area contributed by atoms with Crippen LogP contribution >= 0.6 is 0 Å². The van der Waals surface area contributed by atoms with Gasteiger partial charge in [0.15, 0.2) is 0 Å². The molecule has 5 nitrogen and oxygen atoms in total. The highest BCUT2D eigenvalue weighted by Gasteiger charge is 2.20.